The number of amides is 2. The summed E-state index contributed by atoms with van der Waals surface area (Å²) in [7, 11) is 3.83. The standard InChI is InChI=1S/C17H26N6O2/c1-13(24)23-8-4-5-14(23)16(25)22-11-9-21(10-12-22)15-6-7-18-17(19-15)20(2)3/h6-7,14H,4-5,8-12H2,1-3H3. The van der Waals surface area contributed by atoms with E-state index in [1.807, 2.05) is 30.0 Å². The fourth-order valence-corrected chi connectivity index (χ4v) is 3.50. The van der Waals surface area contributed by atoms with Gasteiger partial charge < -0.3 is 19.6 Å². The van der Waals surface area contributed by atoms with Crippen LogP contribution in [0.2, 0.25) is 0 Å². The van der Waals surface area contributed by atoms with Crippen LogP contribution >= 0.6 is 0 Å². The lowest BCUT2D eigenvalue weighted by Gasteiger charge is -2.37. The second kappa shape index (κ2) is 7.25. The lowest BCUT2D eigenvalue weighted by molar-refractivity contribution is -0.143. The van der Waals surface area contributed by atoms with Gasteiger partial charge >= 0.3 is 0 Å². The van der Waals surface area contributed by atoms with Crippen molar-refractivity contribution in [2.24, 2.45) is 0 Å². The van der Waals surface area contributed by atoms with Crippen LogP contribution in [0.5, 0.6) is 0 Å². The molecule has 1 atom stereocenters. The number of anilines is 2. The van der Waals surface area contributed by atoms with Gasteiger partial charge in [0.25, 0.3) is 0 Å². The Kier molecular flexibility index (Phi) is 5.06. The Bertz CT molecular complexity index is 642. The van der Waals surface area contributed by atoms with Crippen molar-refractivity contribution in [2.45, 2.75) is 25.8 Å². The molecular weight excluding hydrogens is 320 g/mol. The molecule has 25 heavy (non-hydrogen) atoms. The summed E-state index contributed by atoms with van der Waals surface area (Å²) in [5.74, 6) is 1.65. The van der Waals surface area contributed by atoms with Gasteiger partial charge in [-0.15, -0.1) is 0 Å². The van der Waals surface area contributed by atoms with Crippen LogP contribution in [0, 0.1) is 0 Å². The van der Waals surface area contributed by atoms with Crippen molar-refractivity contribution in [1.29, 1.82) is 0 Å². The minimum Gasteiger partial charge on any atom is -0.353 e. The number of carbonyl (C=O) groups is 2. The molecule has 3 heterocycles. The molecule has 2 saturated heterocycles. The molecule has 8 heteroatoms. The fourth-order valence-electron chi connectivity index (χ4n) is 3.50. The van der Waals surface area contributed by atoms with Crippen molar-refractivity contribution in [3.63, 3.8) is 0 Å². The molecule has 1 unspecified atom stereocenters. The third kappa shape index (κ3) is 3.67. The Morgan fingerprint density at radius 1 is 1.16 bits per heavy atom. The predicted octanol–water partition coefficient (Wildman–Crippen LogP) is 0.202. The molecule has 0 aliphatic carbocycles. The number of nitrogens with zero attached hydrogens (tertiary/aromatic N) is 6. The van der Waals surface area contributed by atoms with Gasteiger partial charge in [-0.3, -0.25) is 9.59 Å². The molecule has 2 fully saturated rings. The lowest BCUT2D eigenvalue weighted by Crippen LogP contribution is -2.54. The highest BCUT2D eigenvalue weighted by molar-refractivity contribution is 5.87. The van der Waals surface area contributed by atoms with E-state index in [-0.39, 0.29) is 17.9 Å². The summed E-state index contributed by atoms with van der Waals surface area (Å²) in [6.07, 6.45) is 3.44. The highest BCUT2D eigenvalue weighted by atomic mass is 16.2. The molecule has 2 aliphatic rings. The largest absolute Gasteiger partial charge is 0.353 e. The molecule has 8 nitrogen and oxygen atoms in total. The third-order valence-corrected chi connectivity index (χ3v) is 4.89. The number of piperazine rings is 1. The van der Waals surface area contributed by atoms with Crippen molar-refractivity contribution in [2.75, 3.05) is 56.6 Å². The first-order valence-electron chi connectivity index (χ1n) is 8.78. The average molecular weight is 346 g/mol. The van der Waals surface area contributed by atoms with Crippen LogP contribution in [0.3, 0.4) is 0 Å². The topological polar surface area (TPSA) is 72.9 Å². The van der Waals surface area contributed by atoms with E-state index in [0.29, 0.717) is 25.6 Å². The van der Waals surface area contributed by atoms with Crippen LogP contribution in [-0.4, -0.2) is 84.4 Å². The van der Waals surface area contributed by atoms with Gasteiger partial charge in [0.15, 0.2) is 0 Å². The molecule has 0 bridgehead atoms. The first-order valence-corrected chi connectivity index (χ1v) is 8.78. The van der Waals surface area contributed by atoms with Gasteiger partial charge in [0.05, 0.1) is 0 Å². The minimum absolute atomic E-state index is 0.00770. The monoisotopic (exact) mass is 346 g/mol. The highest BCUT2D eigenvalue weighted by Gasteiger charge is 2.36. The molecule has 2 aliphatic heterocycles. The molecule has 0 aromatic carbocycles. The molecule has 1 aromatic rings. The van der Waals surface area contributed by atoms with E-state index in [9.17, 15) is 9.59 Å². The molecule has 1 aromatic heterocycles. The molecule has 0 radical (unpaired) electrons. The van der Waals surface area contributed by atoms with Gasteiger partial charge in [-0.05, 0) is 18.9 Å². The van der Waals surface area contributed by atoms with E-state index in [1.54, 1.807) is 18.0 Å². The van der Waals surface area contributed by atoms with Crippen LogP contribution in [0.25, 0.3) is 0 Å². The molecule has 3 rings (SSSR count). The molecule has 136 valence electrons. The Morgan fingerprint density at radius 3 is 2.52 bits per heavy atom. The Balaban J connectivity index is 1.61. The normalized spacial score (nSPS) is 20.8. The molecule has 0 spiro atoms. The van der Waals surface area contributed by atoms with Crippen molar-refractivity contribution in [1.82, 2.24) is 19.8 Å². The number of rotatable bonds is 3. The number of hydrogen-bond acceptors (Lipinski definition) is 6. The van der Waals surface area contributed by atoms with Crippen LogP contribution in [0.4, 0.5) is 11.8 Å². The van der Waals surface area contributed by atoms with E-state index in [0.717, 1.165) is 31.7 Å². The third-order valence-electron chi connectivity index (χ3n) is 4.89. The second-order valence-electron chi connectivity index (χ2n) is 6.79. The smallest absolute Gasteiger partial charge is 0.245 e. The summed E-state index contributed by atoms with van der Waals surface area (Å²) in [5.41, 5.74) is 0. The van der Waals surface area contributed by atoms with Crippen LogP contribution < -0.4 is 9.80 Å². The predicted molar refractivity (Wildman–Crippen MR) is 95.6 cm³/mol. The molecular formula is C17H26N6O2. The number of hydrogen-bond donors (Lipinski definition) is 0. The Hall–Kier alpha value is -2.38. The van der Waals surface area contributed by atoms with E-state index in [1.165, 1.54) is 0 Å². The first-order chi connectivity index (χ1) is 12.0. The van der Waals surface area contributed by atoms with E-state index in [4.69, 9.17) is 0 Å². The van der Waals surface area contributed by atoms with Gasteiger partial charge in [0.1, 0.15) is 11.9 Å². The summed E-state index contributed by atoms with van der Waals surface area (Å²) in [6.45, 7) is 5.02. The minimum atomic E-state index is -0.275. The zero-order valence-corrected chi connectivity index (χ0v) is 15.2. The summed E-state index contributed by atoms with van der Waals surface area (Å²) in [4.78, 5) is 40.9. The van der Waals surface area contributed by atoms with E-state index < -0.39 is 0 Å². The van der Waals surface area contributed by atoms with Crippen molar-refractivity contribution >= 4 is 23.6 Å². The molecule has 0 N–H and O–H groups in total. The average Bonchev–Trinajstić information content (AvgIpc) is 3.11. The number of carbonyl (C=O) groups excluding carboxylic acids is 2. The SMILES string of the molecule is CC(=O)N1CCCC1C(=O)N1CCN(c2ccnc(N(C)C)n2)CC1. The maximum atomic E-state index is 12.8. The second-order valence-corrected chi connectivity index (χ2v) is 6.79. The van der Waals surface area contributed by atoms with Crippen molar-refractivity contribution < 1.29 is 9.59 Å². The van der Waals surface area contributed by atoms with Crippen molar-refractivity contribution in [3.8, 4) is 0 Å². The number of likely N-dealkylation sites (tertiary alicyclic amines) is 1. The zero-order valence-electron chi connectivity index (χ0n) is 15.2. The lowest BCUT2D eigenvalue weighted by atomic mass is 10.1. The van der Waals surface area contributed by atoms with Crippen LogP contribution in [-0.2, 0) is 9.59 Å². The van der Waals surface area contributed by atoms with Gasteiger partial charge in [-0.25, -0.2) is 4.98 Å². The van der Waals surface area contributed by atoms with E-state index >= 15 is 0 Å². The van der Waals surface area contributed by atoms with E-state index in [2.05, 4.69) is 14.9 Å². The Labute approximate surface area is 148 Å². The maximum Gasteiger partial charge on any atom is 0.245 e. The summed E-state index contributed by atoms with van der Waals surface area (Å²) in [6, 6.07) is 1.63. The highest BCUT2D eigenvalue weighted by Crippen LogP contribution is 2.21. The first kappa shape index (κ1) is 17.4. The van der Waals surface area contributed by atoms with Gasteiger partial charge in [0, 0.05) is 59.9 Å². The zero-order chi connectivity index (χ0) is 18.0. The maximum absolute atomic E-state index is 12.8. The summed E-state index contributed by atoms with van der Waals surface area (Å²) >= 11 is 0. The summed E-state index contributed by atoms with van der Waals surface area (Å²) in [5, 5.41) is 0. The van der Waals surface area contributed by atoms with Gasteiger partial charge in [-0.1, -0.05) is 0 Å². The van der Waals surface area contributed by atoms with Crippen LogP contribution in [0.1, 0.15) is 19.8 Å². The molecule has 2 amide bonds. The van der Waals surface area contributed by atoms with Gasteiger partial charge in [0.2, 0.25) is 17.8 Å². The quantitative estimate of drug-likeness (QED) is 0.779. The number of aromatic nitrogens is 2. The van der Waals surface area contributed by atoms with Gasteiger partial charge in [-0.2, -0.15) is 4.98 Å². The van der Waals surface area contributed by atoms with Crippen molar-refractivity contribution in [3.05, 3.63) is 12.3 Å². The molecule has 0 saturated carbocycles. The fraction of sp³-hybridized carbons (Fsp3) is 0.647. The summed E-state index contributed by atoms with van der Waals surface area (Å²) < 4.78 is 0. The Morgan fingerprint density at radius 2 is 1.88 bits per heavy atom. The van der Waals surface area contributed by atoms with Crippen LogP contribution in [0.15, 0.2) is 12.3 Å².